The number of imide groups is 1. The summed E-state index contributed by atoms with van der Waals surface area (Å²) < 4.78 is 4.82. The fraction of sp³-hybridized carbons (Fsp3) is 0.500. The lowest BCUT2D eigenvalue weighted by atomic mass is 10.2. The first-order valence-corrected chi connectivity index (χ1v) is 7.37. The van der Waals surface area contributed by atoms with Gasteiger partial charge in [-0.3, -0.25) is 15.0 Å². The summed E-state index contributed by atoms with van der Waals surface area (Å²) in [7, 11) is 1.55. The molecule has 0 aliphatic heterocycles. The maximum Gasteiger partial charge on any atom is 0.321 e. The van der Waals surface area contributed by atoms with Crippen molar-refractivity contribution in [3.05, 3.63) is 35.9 Å². The fourth-order valence-electron chi connectivity index (χ4n) is 1.90. The second-order valence-electron chi connectivity index (χ2n) is 5.28. The monoisotopic (exact) mass is 307 g/mol. The number of benzene rings is 1. The van der Waals surface area contributed by atoms with Crippen molar-refractivity contribution < 1.29 is 14.3 Å². The molecule has 0 aliphatic rings. The molecule has 6 heteroatoms. The molecule has 0 radical (unpaired) electrons. The van der Waals surface area contributed by atoms with Crippen LogP contribution in [-0.2, 0) is 16.1 Å². The number of rotatable bonds is 8. The number of carbonyl (C=O) groups excluding carboxylic acids is 2. The molecule has 1 aromatic rings. The zero-order valence-corrected chi connectivity index (χ0v) is 13.5. The molecule has 0 bridgehead atoms. The van der Waals surface area contributed by atoms with Gasteiger partial charge in [-0.05, 0) is 19.4 Å². The van der Waals surface area contributed by atoms with Crippen LogP contribution in [0.1, 0.15) is 19.4 Å². The number of ether oxygens (including phenoxy) is 1. The Bertz CT molecular complexity index is 463. The Morgan fingerprint density at radius 3 is 2.50 bits per heavy atom. The quantitative estimate of drug-likeness (QED) is 0.712. The minimum atomic E-state index is -0.495. The number of hydrogen-bond acceptors (Lipinski definition) is 4. The molecule has 0 atom stereocenters. The van der Waals surface area contributed by atoms with Gasteiger partial charge in [-0.15, -0.1) is 0 Å². The predicted molar refractivity (Wildman–Crippen MR) is 85.4 cm³/mol. The third-order valence-corrected chi connectivity index (χ3v) is 3.15. The molecule has 1 rings (SSSR count). The first-order chi connectivity index (χ1) is 10.5. The molecule has 22 heavy (non-hydrogen) atoms. The SMILES string of the molecule is COCCNC(=O)NC(=O)CN(Cc1ccccc1)C(C)C. The van der Waals surface area contributed by atoms with Crippen LogP contribution < -0.4 is 10.6 Å². The van der Waals surface area contributed by atoms with Gasteiger partial charge in [-0.2, -0.15) is 0 Å². The summed E-state index contributed by atoms with van der Waals surface area (Å²) in [5.74, 6) is -0.320. The topological polar surface area (TPSA) is 70.7 Å². The number of methoxy groups -OCH3 is 1. The van der Waals surface area contributed by atoms with Gasteiger partial charge in [0.25, 0.3) is 0 Å². The van der Waals surface area contributed by atoms with Crippen LogP contribution in [0.5, 0.6) is 0 Å². The fourth-order valence-corrected chi connectivity index (χ4v) is 1.90. The van der Waals surface area contributed by atoms with Gasteiger partial charge < -0.3 is 10.1 Å². The van der Waals surface area contributed by atoms with Gasteiger partial charge in [0.1, 0.15) is 0 Å². The van der Waals surface area contributed by atoms with Crippen molar-refractivity contribution in [2.75, 3.05) is 26.8 Å². The van der Waals surface area contributed by atoms with Crippen molar-refractivity contribution in [2.24, 2.45) is 0 Å². The summed E-state index contributed by atoms with van der Waals surface area (Å²) in [6.45, 7) is 5.66. The van der Waals surface area contributed by atoms with Gasteiger partial charge in [0.2, 0.25) is 5.91 Å². The normalized spacial score (nSPS) is 10.8. The molecular formula is C16H25N3O3. The van der Waals surface area contributed by atoms with Crippen LogP contribution in [-0.4, -0.2) is 49.7 Å². The molecule has 0 spiro atoms. The largest absolute Gasteiger partial charge is 0.383 e. The average molecular weight is 307 g/mol. The van der Waals surface area contributed by atoms with E-state index in [-0.39, 0.29) is 18.5 Å². The maximum absolute atomic E-state index is 11.9. The summed E-state index contributed by atoms with van der Waals surface area (Å²) in [6, 6.07) is 9.64. The van der Waals surface area contributed by atoms with E-state index in [0.29, 0.717) is 19.7 Å². The number of amides is 3. The van der Waals surface area contributed by atoms with Crippen molar-refractivity contribution in [3.8, 4) is 0 Å². The molecule has 122 valence electrons. The average Bonchev–Trinajstić information content (AvgIpc) is 2.47. The molecule has 0 aromatic heterocycles. The molecule has 0 fully saturated rings. The highest BCUT2D eigenvalue weighted by Gasteiger charge is 2.16. The second kappa shape index (κ2) is 9.92. The van der Waals surface area contributed by atoms with E-state index in [1.54, 1.807) is 7.11 Å². The summed E-state index contributed by atoms with van der Waals surface area (Å²) in [4.78, 5) is 25.5. The smallest absolute Gasteiger partial charge is 0.321 e. The number of nitrogens with one attached hydrogen (secondary N) is 2. The number of hydrogen-bond donors (Lipinski definition) is 2. The van der Waals surface area contributed by atoms with E-state index >= 15 is 0 Å². The van der Waals surface area contributed by atoms with E-state index < -0.39 is 6.03 Å². The Morgan fingerprint density at radius 2 is 1.91 bits per heavy atom. The zero-order valence-electron chi connectivity index (χ0n) is 13.5. The van der Waals surface area contributed by atoms with Gasteiger partial charge in [0.15, 0.2) is 0 Å². The van der Waals surface area contributed by atoms with E-state index in [1.807, 2.05) is 49.1 Å². The lowest BCUT2D eigenvalue weighted by Gasteiger charge is -2.25. The van der Waals surface area contributed by atoms with Crippen LogP contribution >= 0.6 is 0 Å². The molecule has 0 saturated carbocycles. The van der Waals surface area contributed by atoms with Gasteiger partial charge in [-0.1, -0.05) is 30.3 Å². The number of nitrogens with zero attached hydrogens (tertiary/aromatic N) is 1. The molecule has 0 saturated heterocycles. The Labute approximate surface area is 131 Å². The van der Waals surface area contributed by atoms with Crippen molar-refractivity contribution >= 4 is 11.9 Å². The molecule has 0 heterocycles. The Hall–Kier alpha value is -1.92. The van der Waals surface area contributed by atoms with Crippen LogP contribution in [0.3, 0.4) is 0 Å². The van der Waals surface area contributed by atoms with E-state index in [0.717, 1.165) is 5.56 Å². The van der Waals surface area contributed by atoms with Gasteiger partial charge in [-0.25, -0.2) is 4.79 Å². The highest BCUT2D eigenvalue weighted by atomic mass is 16.5. The van der Waals surface area contributed by atoms with Crippen LogP contribution in [0, 0.1) is 0 Å². The minimum Gasteiger partial charge on any atom is -0.383 e. The molecular weight excluding hydrogens is 282 g/mol. The number of urea groups is 1. The van der Waals surface area contributed by atoms with Gasteiger partial charge >= 0.3 is 6.03 Å². The lowest BCUT2D eigenvalue weighted by molar-refractivity contribution is -0.121. The molecule has 3 amide bonds. The Morgan fingerprint density at radius 1 is 1.23 bits per heavy atom. The maximum atomic E-state index is 11.9. The van der Waals surface area contributed by atoms with Crippen LogP contribution in [0.4, 0.5) is 4.79 Å². The standard InChI is InChI=1S/C16H25N3O3/c1-13(2)19(11-14-7-5-4-6-8-14)12-15(20)18-16(21)17-9-10-22-3/h4-8,13H,9-12H2,1-3H3,(H2,17,18,20,21). The third-order valence-electron chi connectivity index (χ3n) is 3.15. The highest BCUT2D eigenvalue weighted by Crippen LogP contribution is 2.07. The van der Waals surface area contributed by atoms with Crippen molar-refractivity contribution in [1.82, 2.24) is 15.5 Å². The first kappa shape index (κ1) is 18.1. The van der Waals surface area contributed by atoms with Gasteiger partial charge in [0, 0.05) is 26.2 Å². The van der Waals surface area contributed by atoms with Gasteiger partial charge in [0.05, 0.1) is 13.2 Å². The van der Waals surface area contributed by atoms with Crippen LogP contribution in [0.2, 0.25) is 0 Å². The molecule has 0 unspecified atom stereocenters. The lowest BCUT2D eigenvalue weighted by Crippen LogP contribution is -2.46. The summed E-state index contributed by atoms with van der Waals surface area (Å²) in [6.07, 6.45) is 0. The molecule has 6 nitrogen and oxygen atoms in total. The number of carbonyl (C=O) groups is 2. The van der Waals surface area contributed by atoms with E-state index in [4.69, 9.17) is 4.74 Å². The Kier molecular flexibility index (Phi) is 8.17. The van der Waals surface area contributed by atoms with E-state index in [2.05, 4.69) is 10.6 Å². The Balaban J connectivity index is 2.45. The third kappa shape index (κ3) is 7.19. The summed E-state index contributed by atoms with van der Waals surface area (Å²) in [5.41, 5.74) is 1.13. The van der Waals surface area contributed by atoms with E-state index in [1.165, 1.54) is 0 Å². The highest BCUT2D eigenvalue weighted by molar-refractivity contribution is 5.95. The summed E-state index contributed by atoms with van der Waals surface area (Å²) >= 11 is 0. The van der Waals surface area contributed by atoms with E-state index in [9.17, 15) is 9.59 Å². The van der Waals surface area contributed by atoms with Crippen molar-refractivity contribution in [2.45, 2.75) is 26.4 Å². The van der Waals surface area contributed by atoms with Crippen LogP contribution in [0.15, 0.2) is 30.3 Å². The van der Waals surface area contributed by atoms with Crippen LogP contribution in [0.25, 0.3) is 0 Å². The molecule has 1 aromatic carbocycles. The molecule has 0 aliphatic carbocycles. The minimum absolute atomic E-state index is 0.171. The first-order valence-electron chi connectivity index (χ1n) is 7.37. The second-order valence-corrected chi connectivity index (χ2v) is 5.28. The predicted octanol–water partition coefficient (Wildman–Crippen LogP) is 1.37. The molecule has 2 N–H and O–H groups in total. The van der Waals surface area contributed by atoms with Crippen molar-refractivity contribution in [3.63, 3.8) is 0 Å². The van der Waals surface area contributed by atoms with Crippen molar-refractivity contribution in [1.29, 1.82) is 0 Å². The zero-order chi connectivity index (χ0) is 16.4. The summed E-state index contributed by atoms with van der Waals surface area (Å²) in [5, 5.41) is 4.88.